The molecule has 0 bridgehead atoms. The van der Waals surface area contributed by atoms with Crippen LogP contribution in [0.5, 0.6) is 0 Å². The minimum Gasteiger partial charge on any atom is -0.375 e. The molecule has 108 valence electrons. The lowest BCUT2D eigenvalue weighted by Crippen LogP contribution is -2.21. The van der Waals surface area contributed by atoms with Gasteiger partial charge in [-0.1, -0.05) is 51.4 Å². The monoisotopic (exact) mass is 365 g/mol. The maximum atomic E-state index is 12.5. The fourth-order valence-electron chi connectivity index (χ4n) is 2.10. The van der Waals surface area contributed by atoms with E-state index in [-0.39, 0.29) is 11.3 Å². The van der Waals surface area contributed by atoms with Crippen LogP contribution < -0.4 is 0 Å². The molecule has 0 fully saturated rings. The second-order valence-electron chi connectivity index (χ2n) is 4.64. The fraction of sp³-hybridized carbons (Fsp3) is 0.133. The second kappa shape index (κ2) is 5.61. The molecule has 2 aromatic carbocycles. The Hall–Kier alpha value is -1.66. The topological polar surface area (TPSA) is 55.7 Å². The molecule has 1 unspecified atom stereocenters. The van der Waals surface area contributed by atoms with Crippen LogP contribution in [0.4, 0.5) is 0 Å². The first-order chi connectivity index (χ1) is 10.1. The van der Waals surface area contributed by atoms with Gasteiger partial charge in [-0.3, -0.25) is 0 Å². The molecule has 0 saturated carbocycles. The molecule has 4 nitrogen and oxygen atoms in total. The smallest absolute Gasteiger partial charge is 0.237 e. The predicted octanol–water partition coefficient (Wildman–Crippen LogP) is 3.37. The van der Waals surface area contributed by atoms with Crippen molar-refractivity contribution in [1.29, 1.82) is 0 Å². The molecule has 0 aromatic heterocycles. The highest BCUT2D eigenvalue weighted by Gasteiger charge is 2.35. The summed E-state index contributed by atoms with van der Waals surface area (Å²) in [7, 11) is -3.53. The molecule has 0 spiro atoms. The number of hydrogen-bond donors (Lipinski definition) is 0. The zero-order chi connectivity index (χ0) is 14.9. The lowest BCUT2D eigenvalue weighted by Gasteiger charge is -2.09. The van der Waals surface area contributed by atoms with Gasteiger partial charge in [0.1, 0.15) is 0 Å². The average Bonchev–Trinajstić information content (AvgIpc) is 2.99. The van der Waals surface area contributed by atoms with Crippen LogP contribution in [0.15, 0.2) is 69.1 Å². The van der Waals surface area contributed by atoms with Crippen LogP contribution in [0, 0.1) is 0 Å². The first-order valence-corrected chi connectivity index (χ1v) is 8.69. The van der Waals surface area contributed by atoms with Crippen molar-refractivity contribution in [2.75, 3.05) is 0 Å². The standard InChI is InChI=1S/C15H12BrNO3S/c16-12-8-6-11(7-9-12)14-10-15(20-17-14)21(18,19)13-4-2-1-3-5-13/h1-9,15H,10H2. The minimum absolute atomic E-state index is 0.249. The van der Waals surface area contributed by atoms with E-state index < -0.39 is 15.3 Å². The Labute approximate surface area is 131 Å². The van der Waals surface area contributed by atoms with Crippen molar-refractivity contribution >= 4 is 31.5 Å². The molecule has 0 N–H and O–H groups in total. The van der Waals surface area contributed by atoms with Crippen LogP contribution in [-0.2, 0) is 14.7 Å². The van der Waals surface area contributed by atoms with Crippen molar-refractivity contribution in [1.82, 2.24) is 0 Å². The van der Waals surface area contributed by atoms with E-state index in [1.807, 2.05) is 24.3 Å². The Bertz CT molecular complexity index is 770. The van der Waals surface area contributed by atoms with E-state index in [1.54, 1.807) is 30.3 Å². The molecule has 1 heterocycles. The van der Waals surface area contributed by atoms with Gasteiger partial charge in [0.05, 0.1) is 10.6 Å². The molecule has 0 amide bonds. The Kier molecular flexibility index (Phi) is 3.82. The van der Waals surface area contributed by atoms with Gasteiger partial charge in [0.15, 0.2) is 0 Å². The summed E-state index contributed by atoms with van der Waals surface area (Å²) in [5.41, 5.74) is 0.550. The van der Waals surface area contributed by atoms with Gasteiger partial charge in [0, 0.05) is 10.9 Å². The van der Waals surface area contributed by atoms with Gasteiger partial charge in [0.2, 0.25) is 15.3 Å². The molecule has 6 heteroatoms. The van der Waals surface area contributed by atoms with E-state index in [0.29, 0.717) is 5.71 Å². The van der Waals surface area contributed by atoms with E-state index in [0.717, 1.165) is 10.0 Å². The third-order valence-electron chi connectivity index (χ3n) is 3.24. The Morgan fingerprint density at radius 3 is 2.38 bits per heavy atom. The summed E-state index contributed by atoms with van der Waals surface area (Å²) in [4.78, 5) is 5.41. The lowest BCUT2D eigenvalue weighted by molar-refractivity contribution is 0.140. The first kappa shape index (κ1) is 14.3. The molecule has 1 atom stereocenters. The largest absolute Gasteiger partial charge is 0.375 e. The second-order valence-corrected chi connectivity index (χ2v) is 7.64. The number of benzene rings is 2. The zero-order valence-corrected chi connectivity index (χ0v) is 13.3. The van der Waals surface area contributed by atoms with Crippen LogP contribution in [-0.4, -0.2) is 19.6 Å². The van der Waals surface area contributed by atoms with E-state index in [1.165, 1.54) is 0 Å². The summed E-state index contributed by atoms with van der Waals surface area (Å²) in [5, 5.41) is 3.93. The van der Waals surface area contributed by atoms with Gasteiger partial charge in [-0.2, -0.15) is 0 Å². The maximum Gasteiger partial charge on any atom is 0.237 e. The number of halogens is 1. The molecule has 0 saturated heterocycles. The van der Waals surface area contributed by atoms with E-state index in [2.05, 4.69) is 21.1 Å². The van der Waals surface area contributed by atoms with Crippen LogP contribution in [0.3, 0.4) is 0 Å². The molecule has 0 radical (unpaired) electrons. The average molecular weight is 366 g/mol. The third kappa shape index (κ3) is 2.87. The van der Waals surface area contributed by atoms with Crippen molar-refractivity contribution < 1.29 is 13.3 Å². The van der Waals surface area contributed by atoms with Crippen molar-refractivity contribution in [3.05, 3.63) is 64.6 Å². The van der Waals surface area contributed by atoms with Crippen LogP contribution >= 0.6 is 15.9 Å². The summed E-state index contributed by atoms with van der Waals surface area (Å²) >= 11 is 3.36. The Morgan fingerprint density at radius 2 is 1.71 bits per heavy atom. The van der Waals surface area contributed by atoms with Crippen molar-refractivity contribution in [2.24, 2.45) is 5.16 Å². The molecule has 1 aliphatic rings. The fourth-order valence-corrected chi connectivity index (χ4v) is 3.73. The van der Waals surface area contributed by atoms with Crippen molar-refractivity contribution in [3.8, 4) is 0 Å². The van der Waals surface area contributed by atoms with Crippen LogP contribution in [0.1, 0.15) is 12.0 Å². The third-order valence-corrected chi connectivity index (χ3v) is 5.64. The number of sulfone groups is 1. The quantitative estimate of drug-likeness (QED) is 0.837. The summed E-state index contributed by atoms with van der Waals surface area (Å²) in [6.45, 7) is 0. The molecule has 1 aliphatic heterocycles. The van der Waals surface area contributed by atoms with Gasteiger partial charge in [-0.25, -0.2) is 8.42 Å². The Balaban J connectivity index is 1.82. The molecular weight excluding hydrogens is 354 g/mol. The van der Waals surface area contributed by atoms with E-state index >= 15 is 0 Å². The lowest BCUT2D eigenvalue weighted by atomic mass is 10.1. The highest BCUT2D eigenvalue weighted by atomic mass is 79.9. The van der Waals surface area contributed by atoms with Gasteiger partial charge < -0.3 is 4.84 Å². The molecular formula is C15H12BrNO3S. The highest BCUT2D eigenvalue weighted by molar-refractivity contribution is 9.10. The van der Waals surface area contributed by atoms with Gasteiger partial charge in [-0.15, -0.1) is 0 Å². The summed E-state index contributed by atoms with van der Waals surface area (Å²) < 4.78 is 25.9. The van der Waals surface area contributed by atoms with Gasteiger partial charge in [-0.05, 0) is 29.8 Å². The van der Waals surface area contributed by atoms with Gasteiger partial charge >= 0.3 is 0 Å². The number of rotatable bonds is 3. The molecule has 0 aliphatic carbocycles. The normalized spacial score (nSPS) is 18.1. The van der Waals surface area contributed by atoms with Gasteiger partial charge in [0.25, 0.3) is 0 Å². The van der Waals surface area contributed by atoms with E-state index in [4.69, 9.17) is 4.84 Å². The first-order valence-electron chi connectivity index (χ1n) is 6.35. The molecule has 2 aromatic rings. The maximum absolute atomic E-state index is 12.5. The molecule has 21 heavy (non-hydrogen) atoms. The Morgan fingerprint density at radius 1 is 1.05 bits per heavy atom. The summed E-state index contributed by atoms with van der Waals surface area (Å²) in [6, 6.07) is 15.8. The minimum atomic E-state index is -3.53. The van der Waals surface area contributed by atoms with Crippen LogP contribution in [0.2, 0.25) is 0 Å². The van der Waals surface area contributed by atoms with E-state index in [9.17, 15) is 8.42 Å². The van der Waals surface area contributed by atoms with Crippen molar-refractivity contribution in [3.63, 3.8) is 0 Å². The number of nitrogens with zero attached hydrogens (tertiary/aromatic N) is 1. The highest BCUT2D eigenvalue weighted by Crippen LogP contribution is 2.26. The predicted molar refractivity (Wildman–Crippen MR) is 83.8 cm³/mol. The SMILES string of the molecule is O=S(=O)(c1ccccc1)C1CC(c2ccc(Br)cc2)=NO1. The molecule has 3 rings (SSSR count). The van der Waals surface area contributed by atoms with Crippen molar-refractivity contribution in [2.45, 2.75) is 16.8 Å². The summed E-state index contributed by atoms with van der Waals surface area (Å²) in [6.07, 6.45) is 0.249. The zero-order valence-electron chi connectivity index (χ0n) is 10.9. The number of oxime groups is 1. The number of hydrogen-bond acceptors (Lipinski definition) is 4. The van der Waals surface area contributed by atoms with Crippen LogP contribution in [0.25, 0.3) is 0 Å². The summed E-state index contributed by atoms with van der Waals surface area (Å²) in [5.74, 6) is 0.